The molecule has 0 saturated heterocycles. The topological polar surface area (TPSA) is 234 Å². The molecule has 0 N–H and O–H groups in total. The Balaban J connectivity index is 0.0000000879. The highest BCUT2D eigenvalue weighted by atomic mass is 79.9. The van der Waals surface area contributed by atoms with Crippen LogP contribution in [0.2, 0.25) is 20.4 Å². The van der Waals surface area contributed by atoms with Gasteiger partial charge in [0.05, 0.1) is 64.7 Å². The lowest BCUT2D eigenvalue weighted by Crippen LogP contribution is -1.86. The zero-order valence-corrected chi connectivity index (χ0v) is 74.6. The number of furan rings is 6. The molecule has 17 aromatic carbocycles. The molecule has 0 radical (unpaired) electrons. The molecule has 0 atom stereocenters. The van der Waals surface area contributed by atoms with Crippen LogP contribution < -0.4 is 0 Å². The van der Waals surface area contributed by atoms with E-state index >= 15 is 0 Å². The Morgan fingerprint density at radius 2 is 0.455 bits per heavy atom. The molecule has 132 heavy (non-hydrogen) atoms. The molecule has 0 saturated carbocycles. The van der Waals surface area contributed by atoms with Crippen molar-refractivity contribution in [2.75, 3.05) is 0 Å². The molecular formula is C108H56Br2Cl4N12O6. The summed E-state index contributed by atoms with van der Waals surface area (Å²) < 4.78 is 37.3. The largest absolute Gasteiger partial charge is 0.436 e. The maximum absolute atomic E-state index is 6.26. The van der Waals surface area contributed by atoms with Gasteiger partial charge in [-0.05, 0) is 139 Å². The molecular weight excluding hydrogens is 1860 g/mol. The van der Waals surface area contributed by atoms with Crippen molar-refractivity contribution in [2.45, 2.75) is 0 Å². The van der Waals surface area contributed by atoms with Gasteiger partial charge >= 0.3 is 0 Å². The minimum absolute atomic E-state index is 0.333. The summed E-state index contributed by atoms with van der Waals surface area (Å²) in [5.41, 5.74) is 16.1. The third-order valence-electron chi connectivity index (χ3n) is 23.5. The molecule has 0 aliphatic heterocycles. The first-order chi connectivity index (χ1) is 64.9. The van der Waals surface area contributed by atoms with E-state index in [4.69, 9.17) is 82.9 Å². The number of fused-ring (bicyclic) bond motifs is 39. The third-order valence-corrected chi connectivity index (χ3v) is 25.1. The molecule has 18 nitrogen and oxygen atoms in total. The molecule has 24 heteroatoms. The van der Waals surface area contributed by atoms with Crippen LogP contribution in [0.3, 0.4) is 0 Å². The average Bonchev–Trinajstić information content (AvgIpc) is 1.55. The Morgan fingerprint density at radius 1 is 0.197 bits per heavy atom. The molecule has 12 heterocycles. The quantitative estimate of drug-likeness (QED) is 0.146. The smallest absolute Gasteiger partial charge is 0.247 e. The van der Waals surface area contributed by atoms with E-state index in [-0.39, 0.29) is 0 Å². The minimum atomic E-state index is 0.333. The lowest BCUT2D eigenvalue weighted by molar-refractivity contribution is 0.655. The number of hydrogen-bond acceptors (Lipinski definition) is 18. The van der Waals surface area contributed by atoms with Crippen LogP contribution in [0.15, 0.2) is 376 Å². The number of benzene rings is 17. The van der Waals surface area contributed by atoms with Gasteiger partial charge < -0.3 is 26.5 Å². The van der Waals surface area contributed by atoms with Crippen molar-refractivity contribution in [2.24, 2.45) is 0 Å². The fraction of sp³-hybridized carbons (Fsp3) is 0. The first kappa shape index (κ1) is 79.8. The predicted octanol–water partition coefficient (Wildman–Crippen LogP) is 32.1. The summed E-state index contributed by atoms with van der Waals surface area (Å²) >= 11 is 30.6. The van der Waals surface area contributed by atoms with E-state index in [0.717, 1.165) is 191 Å². The van der Waals surface area contributed by atoms with Gasteiger partial charge in [0.2, 0.25) is 34.3 Å². The van der Waals surface area contributed by atoms with E-state index in [0.29, 0.717) is 63.8 Å². The lowest BCUT2D eigenvalue weighted by Gasteiger charge is -2.05. The van der Waals surface area contributed by atoms with Crippen molar-refractivity contribution in [3.05, 3.63) is 370 Å². The van der Waals surface area contributed by atoms with E-state index in [1.165, 1.54) is 33.1 Å². The molecule has 29 rings (SSSR count). The first-order valence-corrected chi connectivity index (χ1v) is 44.8. The number of nitrogens with zero attached hydrogens (tertiary/aromatic N) is 12. The lowest BCUT2D eigenvalue weighted by atomic mass is 9.98. The van der Waals surface area contributed by atoms with Crippen molar-refractivity contribution in [3.8, 4) is 22.5 Å². The molecule has 0 fully saturated rings. The summed E-state index contributed by atoms with van der Waals surface area (Å²) in [5, 5.41) is 28.3. The van der Waals surface area contributed by atoms with Gasteiger partial charge in [0.15, 0.2) is 10.3 Å². The van der Waals surface area contributed by atoms with E-state index < -0.39 is 0 Å². The van der Waals surface area contributed by atoms with Crippen LogP contribution >= 0.6 is 78.3 Å². The number of halogens is 6. The number of rotatable bonds is 2. The van der Waals surface area contributed by atoms with Crippen LogP contribution in [0.1, 0.15) is 0 Å². The minimum Gasteiger partial charge on any atom is -0.436 e. The molecule has 0 unspecified atom stereocenters. The van der Waals surface area contributed by atoms with Gasteiger partial charge in [-0.3, -0.25) is 0 Å². The average molecular weight is 1920 g/mol. The predicted molar refractivity (Wildman–Crippen MR) is 540 cm³/mol. The second-order valence-electron chi connectivity index (χ2n) is 31.2. The summed E-state index contributed by atoms with van der Waals surface area (Å²) in [6.45, 7) is 0. The van der Waals surface area contributed by atoms with Crippen LogP contribution in [0.4, 0.5) is 0 Å². The van der Waals surface area contributed by atoms with Crippen molar-refractivity contribution < 1.29 is 26.5 Å². The Hall–Kier alpha value is -15.5. The van der Waals surface area contributed by atoms with E-state index in [9.17, 15) is 0 Å². The molecule has 0 aliphatic rings. The standard InChI is InChI=1S/C24H13ClN2O.C20H11ClN2O.C18H9BrN2O.C18H9ClN2O.C14H7BrN2O.C14H7ClN2O/c25-15-7-5-6-14(12-15)20-13-26-22-21-18-10-3-1-8-16(18)17-9-2-4-11-19(17)23(21)28-24(22)27-20;21-14-6-3-5-13(10-14)17-11-22-18-16-9-8-12-4-1-2-7-15(12)19(16)24-20(18)23-17;2*19-14-9-20-16-15-12-7-3-1-5-10(12)11-6-2-4-8-13(11)17(15)22-18(16)21-14;2*15-11-7-16-12-10-6-5-8-3-1-2-4-9(8)13(10)18-14(12)17-11/h1-13H;1-11H;2*1-9H;2*1-7H. The van der Waals surface area contributed by atoms with Gasteiger partial charge in [-0.25, -0.2) is 49.8 Å². The van der Waals surface area contributed by atoms with Crippen molar-refractivity contribution in [3.63, 3.8) is 0 Å². The first-order valence-electron chi connectivity index (χ1n) is 41.7. The van der Waals surface area contributed by atoms with Crippen LogP contribution in [-0.2, 0) is 0 Å². The molecule has 0 spiro atoms. The van der Waals surface area contributed by atoms with Gasteiger partial charge in [0, 0.05) is 69.6 Å². The highest BCUT2D eigenvalue weighted by Gasteiger charge is 2.24. The van der Waals surface area contributed by atoms with Crippen LogP contribution in [-0.4, -0.2) is 59.8 Å². The van der Waals surface area contributed by atoms with Crippen molar-refractivity contribution >= 4 is 308 Å². The number of hydrogen-bond donors (Lipinski definition) is 0. The van der Waals surface area contributed by atoms with Gasteiger partial charge in [-0.15, -0.1) is 0 Å². The van der Waals surface area contributed by atoms with Crippen molar-refractivity contribution in [1.29, 1.82) is 0 Å². The highest BCUT2D eigenvalue weighted by Crippen LogP contribution is 2.46. The molecule has 0 aliphatic carbocycles. The van der Waals surface area contributed by atoms with Crippen LogP contribution in [0.25, 0.3) is 253 Å². The maximum atomic E-state index is 6.26. The monoisotopic (exact) mass is 1910 g/mol. The Bertz CT molecular complexity index is 9470. The summed E-state index contributed by atoms with van der Waals surface area (Å²) in [7, 11) is 0. The molecule has 29 aromatic rings. The summed E-state index contributed by atoms with van der Waals surface area (Å²) in [6.07, 6.45) is 10.0. The molecule has 0 amide bonds. The molecule has 626 valence electrons. The Labute approximate surface area is 781 Å². The van der Waals surface area contributed by atoms with E-state index in [1.54, 1.807) is 31.0 Å². The SMILES string of the molecule is Brc1cnc2c(n1)oc1c3ccccc3c3ccccc3c21.Brc1cnc2c(n1)oc1c3ccccc3ccc21.Clc1cccc(-c2cnc3c(n2)oc2c4ccccc4c4ccccc4c32)c1.Clc1cccc(-c2cnc3c(n2)oc2c4ccccc4ccc32)c1.Clc1cnc2c(n1)oc1c3ccccc3c3ccccc3c21.Clc1cnc2c(n1)oc1c3ccccc3ccc21. The fourth-order valence-electron chi connectivity index (χ4n) is 17.8. The van der Waals surface area contributed by atoms with Gasteiger partial charge in [0.25, 0.3) is 0 Å². The zero-order chi connectivity index (χ0) is 88.3. The second-order valence-corrected chi connectivity index (χ2v) is 34.5. The third kappa shape index (κ3) is 14.0. The van der Waals surface area contributed by atoms with E-state index in [2.05, 4.69) is 227 Å². The fourth-order valence-corrected chi connectivity index (χ4v) is 18.9. The Morgan fingerprint density at radius 3 is 0.826 bits per heavy atom. The molecule has 12 aromatic heterocycles. The zero-order valence-electron chi connectivity index (χ0n) is 68.4. The number of aromatic nitrogens is 12. The van der Waals surface area contributed by atoms with Crippen LogP contribution in [0, 0.1) is 0 Å². The second kappa shape index (κ2) is 32.9. The van der Waals surface area contributed by atoms with Crippen LogP contribution in [0.5, 0.6) is 0 Å². The van der Waals surface area contributed by atoms with Crippen molar-refractivity contribution in [1.82, 2.24) is 59.8 Å². The Kier molecular flexibility index (Phi) is 19.9. The van der Waals surface area contributed by atoms with Gasteiger partial charge in [-0.1, -0.05) is 307 Å². The molecule has 0 bridgehead atoms. The highest BCUT2D eigenvalue weighted by molar-refractivity contribution is 9.10. The normalized spacial score (nSPS) is 11.7. The van der Waals surface area contributed by atoms with Gasteiger partial charge in [-0.2, -0.15) is 9.97 Å². The van der Waals surface area contributed by atoms with Gasteiger partial charge in [0.1, 0.15) is 75.8 Å². The summed E-state index contributed by atoms with van der Waals surface area (Å²) in [4.78, 5) is 53.5. The van der Waals surface area contributed by atoms with E-state index in [1.807, 2.05) is 158 Å². The maximum Gasteiger partial charge on any atom is 0.247 e. The summed E-state index contributed by atoms with van der Waals surface area (Å²) in [5.74, 6) is 0. The summed E-state index contributed by atoms with van der Waals surface area (Å²) in [6, 6.07) is 102.